The van der Waals surface area contributed by atoms with Crippen molar-refractivity contribution in [1.29, 1.82) is 0 Å². The number of rotatable bonds is 2. The lowest BCUT2D eigenvalue weighted by atomic mass is 10.0. The molecule has 142 valence electrons. The Balaban J connectivity index is 1.83. The maximum atomic E-state index is 13.2. The Kier molecular flexibility index (Phi) is 3.96. The SMILES string of the molecule is C=S1(=O)C[C@@](C)(c2sc(-c3ccc4nncn4c3)cc2Cl)N=C(N)C1(C)C. The molecule has 4 heterocycles. The summed E-state index contributed by atoms with van der Waals surface area (Å²) in [5.41, 5.74) is 7.20. The number of nitrogens with zero attached hydrogens (tertiary/aromatic N) is 4. The van der Waals surface area contributed by atoms with E-state index in [1.54, 1.807) is 6.33 Å². The molecule has 4 rings (SSSR count). The molecule has 1 unspecified atom stereocenters. The fraction of sp³-hybridized carbons (Fsp3) is 0.333. The zero-order valence-electron chi connectivity index (χ0n) is 15.3. The summed E-state index contributed by atoms with van der Waals surface area (Å²) in [4.78, 5) is 6.55. The first-order valence-corrected chi connectivity index (χ1v) is 11.4. The van der Waals surface area contributed by atoms with E-state index in [4.69, 9.17) is 22.3 Å². The van der Waals surface area contributed by atoms with Gasteiger partial charge < -0.3 is 5.73 Å². The van der Waals surface area contributed by atoms with Crippen LogP contribution in [0.1, 0.15) is 25.6 Å². The van der Waals surface area contributed by atoms with Gasteiger partial charge in [-0.2, -0.15) is 0 Å². The predicted octanol–water partition coefficient (Wildman–Crippen LogP) is 3.19. The summed E-state index contributed by atoms with van der Waals surface area (Å²) in [5, 5.41) is 8.51. The molecule has 0 amide bonds. The molecule has 27 heavy (non-hydrogen) atoms. The van der Waals surface area contributed by atoms with Crippen LogP contribution in [0.15, 0.2) is 35.7 Å². The summed E-state index contributed by atoms with van der Waals surface area (Å²) in [7, 11) is -2.49. The van der Waals surface area contributed by atoms with Crippen molar-refractivity contribution in [2.24, 2.45) is 10.7 Å². The van der Waals surface area contributed by atoms with Crippen LogP contribution in [-0.2, 0) is 15.1 Å². The van der Waals surface area contributed by atoms with Crippen molar-refractivity contribution >= 4 is 49.8 Å². The molecule has 0 aliphatic carbocycles. The van der Waals surface area contributed by atoms with E-state index in [9.17, 15) is 4.21 Å². The van der Waals surface area contributed by atoms with Crippen LogP contribution in [0.4, 0.5) is 0 Å². The van der Waals surface area contributed by atoms with Gasteiger partial charge in [0, 0.05) is 22.4 Å². The molecule has 0 bridgehead atoms. The molecule has 1 aliphatic rings. The minimum atomic E-state index is -2.49. The van der Waals surface area contributed by atoms with E-state index in [0.29, 0.717) is 16.6 Å². The van der Waals surface area contributed by atoms with Crippen LogP contribution in [0.25, 0.3) is 16.1 Å². The monoisotopic (exact) mass is 421 g/mol. The van der Waals surface area contributed by atoms with E-state index in [0.717, 1.165) is 21.0 Å². The number of amidine groups is 1. The quantitative estimate of drug-likeness (QED) is 0.644. The van der Waals surface area contributed by atoms with Crippen molar-refractivity contribution in [2.45, 2.75) is 31.1 Å². The second-order valence-corrected chi connectivity index (χ2v) is 11.9. The molecule has 3 aromatic heterocycles. The number of halogens is 1. The molecule has 6 nitrogen and oxygen atoms in total. The first-order chi connectivity index (χ1) is 12.5. The highest BCUT2D eigenvalue weighted by Crippen LogP contribution is 2.45. The molecule has 0 spiro atoms. The second kappa shape index (κ2) is 5.80. The lowest BCUT2D eigenvalue weighted by molar-refractivity contribution is 0.543. The van der Waals surface area contributed by atoms with Gasteiger partial charge in [0.05, 0.1) is 14.6 Å². The summed E-state index contributed by atoms with van der Waals surface area (Å²) in [5.74, 6) is 4.65. The summed E-state index contributed by atoms with van der Waals surface area (Å²) in [6.45, 7) is 5.58. The molecular formula is C18H20ClN5OS2. The van der Waals surface area contributed by atoms with Gasteiger partial charge in [-0.05, 0) is 54.4 Å². The Morgan fingerprint density at radius 2 is 2.11 bits per heavy atom. The van der Waals surface area contributed by atoms with Gasteiger partial charge in [-0.1, -0.05) is 11.6 Å². The normalized spacial score (nSPS) is 27.6. The van der Waals surface area contributed by atoms with Crippen molar-refractivity contribution in [1.82, 2.24) is 14.6 Å². The summed E-state index contributed by atoms with van der Waals surface area (Å²) >= 11 is 8.11. The zero-order chi connectivity index (χ0) is 19.6. The van der Waals surface area contributed by atoms with Crippen LogP contribution >= 0.6 is 22.9 Å². The van der Waals surface area contributed by atoms with Gasteiger partial charge in [0.2, 0.25) is 0 Å². The van der Waals surface area contributed by atoms with Crippen molar-refractivity contribution in [3.8, 4) is 10.4 Å². The Labute approximate surface area is 167 Å². The highest BCUT2D eigenvalue weighted by molar-refractivity contribution is 8.02. The molecule has 1 aliphatic heterocycles. The van der Waals surface area contributed by atoms with Crippen molar-refractivity contribution in [3.05, 3.63) is 40.6 Å². The number of pyridine rings is 1. The number of aromatic nitrogens is 3. The third kappa shape index (κ3) is 2.78. The molecule has 2 atom stereocenters. The zero-order valence-corrected chi connectivity index (χ0v) is 17.7. The average Bonchev–Trinajstić information content (AvgIpc) is 3.18. The van der Waals surface area contributed by atoms with Crippen molar-refractivity contribution < 1.29 is 4.21 Å². The number of thiophene rings is 1. The van der Waals surface area contributed by atoms with Gasteiger partial charge >= 0.3 is 0 Å². The predicted molar refractivity (Wildman–Crippen MR) is 114 cm³/mol. The van der Waals surface area contributed by atoms with Crippen molar-refractivity contribution in [3.63, 3.8) is 0 Å². The average molecular weight is 422 g/mol. The summed E-state index contributed by atoms with van der Waals surface area (Å²) < 4.78 is 14.4. The van der Waals surface area contributed by atoms with E-state index in [-0.39, 0.29) is 0 Å². The maximum Gasteiger partial charge on any atom is 0.160 e. The van der Waals surface area contributed by atoms with Crippen LogP contribution < -0.4 is 5.73 Å². The highest BCUT2D eigenvalue weighted by atomic mass is 35.5. The molecule has 2 N–H and O–H groups in total. The number of hydrogen-bond acceptors (Lipinski definition) is 6. The number of nitrogens with two attached hydrogens (primary N) is 1. The first kappa shape index (κ1) is 18.5. The fourth-order valence-corrected chi connectivity index (χ4v) is 6.84. The molecule has 0 saturated carbocycles. The minimum Gasteiger partial charge on any atom is -0.386 e. The van der Waals surface area contributed by atoms with Gasteiger partial charge in [-0.3, -0.25) is 13.6 Å². The van der Waals surface area contributed by atoms with Crippen LogP contribution in [-0.4, -0.2) is 41.0 Å². The van der Waals surface area contributed by atoms with E-state index in [1.165, 1.54) is 11.3 Å². The summed E-state index contributed by atoms with van der Waals surface area (Å²) in [6, 6.07) is 5.79. The van der Waals surface area contributed by atoms with Gasteiger partial charge in [0.25, 0.3) is 0 Å². The molecule has 0 fully saturated rings. The number of hydrogen-bond donors (Lipinski definition) is 1. The number of aliphatic imine (C=N–C) groups is 1. The standard InChI is InChI=1S/C18H20ClN5OS2/c1-17(2)16(20)22-18(3,9-27(17,4)25)15-12(19)7-13(26-15)11-5-6-14-23-21-10-24(14)8-11/h5-8,10H,4,9H2,1-3H3,(H2,20,22)/t18-,27?/m0/s1. The van der Waals surface area contributed by atoms with E-state index in [1.807, 2.05) is 49.6 Å². The molecule has 0 radical (unpaired) electrons. The largest absolute Gasteiger partial charge is 0.386 e. The minimum absolute atomic E-state index is 0.303. The van der Waals surface area contributed by atoms with Gasteiger partial charge in [-0.15, -0.1) is 21.5 Å². The van der Waals surface area contributed by atoms with Gasteiger partial charge in [0.1, 0.15) is 17.7 Å². The Hall–Kier alpha value is -1.90. The third-order valence-corrected chi connectivity index (χ3v) is 10.1. The lowest BCUT2D eigenvalue weighted by Gasteiger charge is -2.40. The van der Waals surface area contributed by atoms with E-state index < -0.39 is 19.8 Å². The molecule has 9 heteroatoms. The Morgan fingerprint density at radius 3 is 2.81 bits per heavy atom. The van der Waals surface area contributed by atoms with Crippen molar-refractivity contribution in [2.75, 3.05) is 5.75 Å². The van der Waals surface area contributed by atoms with E-state index in [2.05, 4.69) is 16.1 Å². The first-order valence-electron chi connectivity index (χ1n) is 8.33. The van der Waals surface area contributed by atoms with Crippen LogP contribution in [0, 0.1) is 0 Å². The van der Waals surface area contributed by atoms with Crippen LogP contribution in [0.2, 0.25) is 5.02 Å². The molecule has 0 saturated heterocycles. The molecule has 3 aromatic rings. The Morgan fingerprint density at radius 1 is 1.37 bits per heavy atom. The van der Waals surface area contributed by atoms with Gasteiger partial charge in [-0.25, -0.2) is 0 Å². The topological polar surface area (TPSA) is 85.6 Å². The molecule has 0 aromatic carbocycles. The third-order valence-electron chi connectivity index (χ3n) is 5.18. The maximum absolute atomic E-state index is 13.2. The smallest absolute Gasteiger partial charge is 0.160 e. The lowest BCUT2D eigenvalue weighted by Crippen LogP contribution is -2.54. The second-order valence-electron chi connectivity index (χ2n) is 7.54. The number of fused-ring (bicyclic) bond motifs is 1. The Bertz CT molecular complexity index is 1190. The van der Waals surface area contributed by atoms with Crippen LogP contribution in [0.3, 0.4) is 0 Å². The van der Waals surface area contributed by atoms with Crippen LogP contribution in [0.5, 0.6) is 0 Å². The summed E-state index contributed by atoms with van der Waals surface area (Å²) in [6.07, 6.45) is 3.61. The fourth-order valence-electron chi connectivity index (χ4n) is 3.23. The van der Waals surface area contributed by atoms with E-state index >= 15 is 0 Å². The molecular weight excluding hydrogens is 402 g/mol. The highest BCUT2D eigenvalue weighted by Gasteiger charge is 2.46. The van der Waals surface area contributed by atoms with Gasteiger partial charge in [0.15, 0.2) is 5.65 Å².